The van der Waals surface area contributed by atoms with Crippen molar-refractivity contribution in [2.45, 2.75) is 12.8 Å². The molecule has 1 rings (SSSR count). The molecule has 0 heterocycles. The molecule has 0 saturated carbocycles. The van der Waals surface area contributed by atoms with Crippen molar-refractivity contribution in [3.8, 4) is 0 Å². The van der Waals surface area contributed by atoms with Gasteiger partial charge in [0.15, 0.2) is 10.3 Å². The van der Waals surface area contributed by atoms with Crippen LogP contribution in [0.4, 0.5) is 0 Å². The second kappa shape index (κ2) is 12.6. The average Bonchev–Trinajstić information content (AvgIpc) is 2.30. The third-order valence-electron chi connectivity index (χ3n) is 2.32. The Kier molecular flexibility index (Phi) is 13.9. The number of amidine groups is 2. The Morgan fingerprint density at radius 2 is 1.10 bits per heavy atom. The molecule has 0 fully saturated rings. The summed E-state index contributed by atoms with van der Waals surface area (Å²) < 4.78 is 0. The zero-order valence-electron chi connectivity index (χ0n) is 10.9. The minimum Gasteiger partial charge on any atom is -0.379 e. The standard InChI is InChI=1S/C12H18N4S2.2BrH/c13-11(14)17-7-5-9-1-2-10(4-3-9)6-8-18-12(15)16;;/h1-4H,5-8H2,(H3,13,14)(H3,15,16);2*1H. The van der Waals surface area contributed by atoms with Crippen molar-refractivity contribution in [3.05, 3.63) is 35.4 Å². The van der Waals surface area contributed by atoms with Gasteiger partial charge in [0.05, 0.1) is 0 Å². The maximum Gasteiger partial charge on any atom is 0.151 e. The monoisotopic (exact) mass is 442 g/mol. The van der Waals surface area contributed by atoms with Crippen molar-refractivity contribution in [1.29, 1.82) is 10.8 Å². The largest absolute Gasteiger partial charge is 0.379 e. The summed E-state index contributed by atoms with van der Waals surface area (Å²) in [6, 6.07) is 8.42. The molecule has 0 bridgehead atoms. The van der Waals surface area contributed by atoms with Gasteiger partial charge in [-0.3, -0.25) is 10.8 Å². The summed E-state index contributed by atoms with van der Waals surface area (Å²) in [5, 5.41) is 14.6. The van der Waals surface area contributed by atoms with Crippen LogP contribution in [-0.2, 0) is 12.8 Å². The first-order chi connectivity index (χ1) is 8.58. The van der Waals surface area contributed by atoms with Crippen LogP contribution in [0.5, 0.6) is 0 Å². The second-order valence-electron chi connectivity index (χ2n) is 3.74. The molecular formula is C12H20Br2N4S2. The van der Waals surface area contributed by atoms with Gasteiger partial charge in [0, 0.05) is 11.5 Å². The molecule has 0 aliphatic carbocycles. The van der Waals surface area contributed by atoms with Gasteiger partial charge >= 0.3 is 0 Å². The molecule has 0 saturated heterocycles. The topological polar surface area (TPSA) is 99.7 Å². The van der Waals surface area contributed by atoms with Gasteiger partial charge < -0.3 is 11.5 Å². The molecule has 0 unspecified atom stereocenters. The molecule has 0 aromatic heterocycles. The molecule has 0 spiro atoms. The summed E-state index contributed by atoms with van der Waals surface area (Å²) in [7, 11) is 0. The van der Waals surface area contributed by atoms with Gasteiger partial charge in [-0.2, -0.15) is 0 Å². The van der Waals surface area contributed by atoms with Gasteiger partial charge in [-0.15, -0.1) is 34.0 Å². The number of thioether (sulfide) groups is 2. The Morgan fingerprint density at radius 1 is 0.800 bits per heavy atom. The summed E-state index contributed by atoms with van der Waals surface area (Å²) >= 11 is 2.74. The van der Waals surface area contributed by atoms with E-state index in [-0.39, 0.29) is 44.3 Å². The van der Waals surface area contributed by atoms with E-state index in [1.54, 1.807) is 0 Å². The van der Waals surface area contributed by atoms with Gasteiger partial charge in [-0.25, -0.2) is 0 Å². The highest BCUT2D eigenvalue weighted by Crippen LogP contribution is 2.11. The Morgan fingerprint density at radius 3 is 1.35 bits per heavy atom. The Bertz CT molecular complexity index is 373. The van der Waals surface area contributed by atoms with E-state index in [0.29, 0.717) is 0 Å². The Hall–Kier alpha value is -0.180. The molecule has 0 aliphatic heterocycles. The number of nitrogens with two attached hydrogens (primary N) is 2. The van der Waals surface area contributed by atoms with Crippen molar-refractivity contribution in [2.24, 2.45) is 11.5 Å². The first-order valence-corrected chi connectivity index (χ1v) is 7.56. The molecule has 8 heteroatoms. The predicted molar refractivity (Wildman–Crippen MR) is 103 cm³/mol. The third kappa shape index (κ3) is 10.6. The summed E-state index contributed by atoms with van der Waals surface area (Å²) in [5.41, 5.74) is 13.1. The lowest BCUT2D eigenvalue weighted by Crippen LogP contribution is -2.06. The van der Waals surface area contributed by atoms with Gasteiger partial charge in [-0.05, 0) is 24.0 Å². The van der Waals surface area contributed by atoms with Crippen molar-refractivity contribution in [1.82, 2.24) is 0 Å². The van der Waals surface area contributed by atoms with Crippen LogP contribution in [0.15, 0.2) is 24.3 Å². The van der Waals surface area contributed by atoms with Gasteiger partial charge in [0.1, 0.15) is 0 Å². The van der Waals surface area contributed by atoms with Crippen LogP contribution in [0.1, 0.15) is 11.1 Å². The average molecular weight is 444 g/mol. The maximum atomic E-state index is 7.12. The van der Waals surface area contributed by atoms with Crippen LogP contribution in [0.25, 0.3) is 0 Å². The van der Waals surface area contributed by atoms with Crippen molar-refractivity contribution >= 4 is 67.8 Å². The first kappa shape index (κ1) is 22.1. The molecule has 114 valence electrons. The van der Waals surface area contributed by atoms with Crippen molar-refractivity contribution in [3.63, 3.8) is 0 Å². The van der Waals surface area contributed by atoms with Gasteiger partial charge in [-0.1, -0.05) is 47.8 Å². The van der Waals surface area contributed by atoms with Gasteiger partial charge in [0.2, 0.25) is 0 Å². The van der Waals surface area contributed by atoms with E-state index in [4.69, 9.17) is 22.3 Å². The molecule has 0 aliphatic rings. The molecular weight excluding hydrogens is 424 g/mol. The van der Waals surface area contributed by atoms with Crippen LogP contribution in [0.3, 0.4) is 0 Å². The van der Waals surface area contributed by atoms with E-state index in [2.05, 4.69) is 24.3 Å². The number of hydrogen-bond acceptors (Lipinski definition) is 4. The molecule has 1 aromatic carbocycles. The summed E-state index contributed by atoms with van der Waals surface area (Å²) in [4.78, 5) is 0. The van der Waals surface area contributed by atoms with Crippen LogP contribution < -0.4 is 11.5 Å². The number of halogens is 2. The minimum atomic E-state index is 0. The zero-order valence-corrected chi connectivity index (χ0v) is 16.0. The lowest BCUT2D eigenvalue weighted by molar-refractivity contribution is 1.12. The third-order valence-corrected chi connectivity index (χ3v) is 3.76. The Labute approximate surface area is 149 Å². The van der Waals surface area contributed by atoms with Crippen LogP contribution in [-0.4, -0.2) is 21.8 Å². The molecule has 20 heavy (non-hydrogen) atoms. The van der Waals surface area contributed by atoms with E-state index in [1.165, 1.54) is 34.7 Å². The molecule has 0 atom stereocenters. The van der Waals surface area contributed by atoms with E-state index in [9.17, 15) is 0 Å². The zero-order chi connectivity index (χ0) is 13.4. The summed E-state index contributed by atoms with van der Waals surface area (Å²) in [6.45, 7) is 0. The second-order valence-corrected chi connectivity index (χ2v) is 6.02. The fourth-order valence-corrected chi connectivity index (χ4v) is 2.55. The van der Waals surface area contributed by atoms with Crippen LogP contribution in [0, 0.1) is 10.8 Å². The predicted octanol–water partition coefficient (Wildman–Crippen LogP) is 3.18. The summed E-state index contributed by atoms with van der Waals surface area (Å²) in [5.74, 6) is 1.68. The van der Waals surface area contributed by atoms with Crippen molar-refractivity contribution in [2.75, 3.05) is 11.5 Å². The summed E-state index contributed by atoms with van der Waals surface area (Å²) in [6.07, 6.45) is 1.85. The van der Waals surface area contributed by atoms with Crippen LogP contribution in [0.2, 0.25) is 0 Å². The first-order valence-electron chi connectivity index (χ1n) is 5.59. The minimum absolute atomic E-state index is 0. The highest BCUT2D eigenvalue weighted by Gasteiger charge is 1.98. The van der Waals surface area contributed by atoms with E-state index >= 15 is 0 Å². The number of benzene rings is 1. The van der Waals surface area contributed by atoms with Gasteiger partial charge in [0.25, 0.3) is 0 Å². The number of rotatable bonds is 6. The molecule has 6 N–H and O–H groups in total. The smallest absolute Gasteiger partial charge is 0.151 e. The normalized spacial score (nSPS) is 9.20. The van der Waals surface area contributed by atoms with E-state index in [0.717, 1.165) is 24.3 Å². The number of nitrogens with one attached hydrogen (secondary N) is 2. The SMILES string of the molecule is Br.Br.N=C(N)SCCc1ccc(CCSC(=N)N)cc1. The number of hydrogen-bond donors (Lipinski definition) is 4. The lowest BCUT2D eigenvalue weighted by atomic mass is 10.1. The highest BCUT2D eigenvalue weighted by atomic mass is 79.9. The quantitative estimate of drug-likeness (QED) is 0.400. The molecule has 4 nitrogen and oxygen atoms in total. The molecule has 0 amide bonds. The van der Waals surface area contributed by atoms with Crippen LogP contribution >= 0.6 is 57.5 Å². The fourth-order valence-electron chi connectivity index (χ4n) is 1.43. The molecule has 0 radical (unpaired) electrons. The molecule has 1 aromatic rings. The van der Waals surface area contributed by atoms with E-state index in [1.807, 2.05) is 0 Å². The number of aryl methyl sites for hydroxylation is 2. The lowest BCUT2D eigenvalue weighted by Gasteiger charge is -2.04. The maximum absolute atomic E-state index is 7.12. The Balaban J connectivity index is 0. The highest BCUT2D eigenvalue weighted by molar-refractivity contribution is 8.93. The fraction of sp³-hybridized carbons (Fsp3) is 0.333. The van der Waals surface area contributed by atoms with E-state index < -0.39 is 0 Å². The van der Waals surface area contributed by atoms with Crippen molar-refractivity contribution < 1.29 is 0 Å².